The Hall–Kier alpha value is -1.93. The molecule has 1 aliphatic heterocycles. The number of hydrogen-bond donors (Lipinski definition) is 0. The maximum absolute atomic E-state index is 12.9. The smallest absolute Gasteiger partial charge is 0.324 e. The summed E-state index contributed by atoms with van der Waals surface area (Å²) in [4.78, 5) is 25.4. The predicted octanol–water partition coefficient (Wildman–Crippen LogP) is 1.17. The van der Waals surface area contributed by atoms with Crippen LogP contribution in [-0.2, 0) is 24.3 Å². The number of amides is 1. The van der Waals surface area contributed by atoms with E-state index in [2.05, 4.69) is 0 Å². The average molecular weight is 368 g/mol. The van der Waals surface area contributed by atoms with Gasteiger partial charge in [0.25, 0.3) is 5.91 Å². The van der Waals surface area contributed by atoms with E-state index in [1.165, 1.54) is 21.3 Å². The van der Waals surface area contributed by atoms with E-state index in [1.807, 2.05) is 6.92 Å². The second kappa shape index (κ2) is 7.97. The fraction of sp³-hybridized carbons (Fsp3) is 0.529. The zero-order chi connectivity index (χ0) is 18.6. The molecule has 0 saturated carbocycles. The first-order chi connectivity index (χ1) is 11.7. The number of aryl methyl sites for hydroxylation is 1. The highest BCUT2D eigenvalue weighted by atomic mass is 32.2. The minimum absolute atomic E-state index is 0.155. The number of esters is 1. The first-order valence-electron chi connectivity index (χ1n) is 8.19. The number of piperidine rings is 1. The van der Waals surface area contributed by atoms with Gasteiger partial charge in [0.1, 0.15) is 6.04 Å². The summed E-state index contributed by atoms with van der Waals surface area (Å²) in [7, 11) is -0.670. The van der Waals surface area contributed by atoms with Gasteiger partial charge in [0.15, 0.2) is 6.61 Å². The Bertz CT molecular complexity index is 728. The summed E-state index contributed by atoms with van der Waals surface area (Å²) in [5.41, 5.74) is 0.954. The molecule has 0 unspecified atom stereocenters. The van der Waals surface area contributed by atoms with Crippen LogP contribution in [0.2, 0.25) is 0 Å². The Morgan fingerprint density at radius 2 is 1.84 bits per heavy atom. The fourth-order valence-corrected chi connectivity index (χ4v) is 4.28. The number of benzene rings is 1. The number of hydrogen-bond acceptors (Lipinski definition) is 5. The van der Waals surface area contributed by atoms with Gasteiger partial charge in [0.2, 0.25) is 10.0 Å². The van der Waals surface area contributed by atoms with Crippen LogP contribution in [0, 0.1) is 6.92 Å². The Balaban J connectivity index is 2.18. The third kappa shape index (κ3) is 4.58. The summed E-state index contributed by atoms with van der Waals surface area (Å²) in [6.45, 7) is 1.75. The Kier molecular flexibility index (Phi) is 6.18. The molecule has 1 aromatic carbocycles. The molecule has 1 aromatic rings. The van der Waals surface area contributed by atoms with Crippen LogP contribution in [0.25, 0.3) is 0 Å². The van der Waals surface area contributed by atoms with Gasteiger partial charge in [-0.3, -0.25) is 9.59 Å². The van der Waals surface area contributed by atoms with Crippen molar-refractivity contribution in [2.45, 2.75) is 37.1 Å². The molecule has 0 bridgehead atoms. The lowest BCUT2D eigenvalue weighted by atomic mass is 10.1. The van der Waals surface area contributed by atoms with Gasteiger partial charge in [-0.25, -0.2) is 8.42 Å². The Labute approximate surface area is 148 Å². The van der Waals surface area contributed by atoms with Gasteiger partial charge in [0, 0.05) is 20.6 Å². The second-order valence-corrected chi connectivity index (χ2v) is 8.23. The number of likely N-dealkylation sites (N-methyl/N-ethyl adjacent to an activating group) is 1. The number of ether oxygens (including phenoxy) is 1. The van der Waals surface area contributed by atoms with E-state index >= 15 is 0 Å². The molecule has 0 N–H and O–H groups in total. The third-order valence-electron chi connectivity index (χ3n) is 4.19. The molecule has 1 saturated heterocycles. The second-order valence-electron chi connectivity index (χ2n) is 6.34. The molecular formula is C17H24N2O5S. The van der Waals surface area contributed by atoms with Crippen LogP contribution < -0.4 is 0 Å². The standard InChI is InChI=1S/C17H24N2O5S/c1-13-7-9-14(10-8-13)25(22,23)19-11-5-4-6-15(19)17(21)24-12-16(20)18(2)3/h7-10,15H,4-6,11-12H2,1-3H3/t15-/m1/s1. The van der Waals surface area contributed by atoms with E-state index < -0.39 is 22.0 Å². The van der Waals surface area contributed by atoms with Crippen LogP contribution in [0.15, 0.2) is 29.2 Å². The van der Waals surface area contributed by atoms with Crippen LogP contribution in [0.5, 0.6) is 0 Å². The van der Waals surface area contributed by atoms with Gasteiger partial charge in [-0.2, -0.15) is 4.31 Å². The molecule has 2 rings (SSSR count). The molecule has 1 amide bonds. The van der Waals surface area contributed by atoms with Gasteiger partial charge < -0.3 is 9.64 Å². The van der Waals surface area contributed by atoms with Crippen molar-refractivity contribution < 1.29 is 22.7 Å². The summed E-state index contributed by atoms with van der Waals surface area (Å²) < 4.78 is 32.1. The number of carbonyl (C=O) groups is 2. The van der Waals surface area contributed by atoms with Gasteiger partial charge in [-0.15, -0.1) is 0 Å². The lowest BCUT2D eigenvalue weighted by molar-refractivity contribution is -0.155. The van der Waals surface area contributed by atoms with E-state index in [9.17, 15) is 18.0 Å². The number of rotatable bonds is 5. The van der Waals surface area contributed by atoms with Crippen molar-refractivity contribution in [2.24, 2.45) is 0 Å². The monoisotopic (exact) mass is 368 g/mol. The zero-order valence-electron chi connectivity index (χ0n) is 14.8. The lowest BCUT2D eigenvalue weighted by Crippen LogP contribution is -2.49. The molecule has 0 aliphatic carbocycles. The van der Waals surface area contributed by atoms with Crippen LogP contribution in [0.3, 0.4) is 0 Å². The molecule has 138 valence electrons. The molecule has 7 nitrogen and oxygen atoms in total. The molecule has 1 aliphatic rings. The van der Waals surface area contributed by atoms with Crippen LogP contribution in [-0.4, -0.2) is 62.8 Å². The van der Waals surface area contributed by atoms with Crippen LogP contribution >= 0.6 is 0 Å². The van der Waals surface area contributed by atoms with Crippen molar-refractivity contribution in [3.63, 3.8) is 0 Å². The van der Waals surface area contributed by atoms with Crippen molar-refractivity contribution in [2.75, 3.05) is 27.2 Å². The molecular weight excluding hydrogens is 344 g/mol. The van der Waals surface area contributed by atoms with E-state index in [0.717, 1.165) is 12.0 Å². The third-order valence-corrected chi connectivity index (χ3v) is 6.11. The minimum atomic E-state index is -3.79. The largest absolute Gasteiger partial charge is 0.454 e. The first kappa shape index (κ1) is 19.4. The topological polar surface area (TPSA) is 84.0 Å². The average Bonchev–Trinajstić information content (AvgIpc) is 2.59. The molecule has 1 fully saturated rings. The quantitative estimate of drug-likeness (QED) is 0.729. The number of nitrogens with zero attached hydrogens (tertiary/aromatic N) is 2. The molecule has 0 radical (unpaired) electrons. The first-order valence-corrected chi connectivity index (χ1v) is 9.63. The van der Waals surface area contributed by atoms with Crippen molar-refractivity contribution >= 4 is 21.9 Å². The van der Waals surface area contributed by atoms with E-state index in [1.54, 1.807) is 26.2 Å². The van der Waals surface area contributed by atoms with Crippen molar-refractivity contribution in [3.8, 4) is 0 Å². The van der Waals surface area contributed by atoms with Gasteiger partial charge in [-0.05, 0) is 38.3 Å². The van der Waals surface area contributed by atoms with Crippen LogP contribution in [0.1, 0.15) is 24.8 Å². The summed E-state index contributed by atoms with van der Waals surface area (Å²) >= 11 is 0. The zero-order valence-corrected chi connectivity index (χ0v) is 15.6. The van der Waals surface area contributed by atoms with E-state index in [-0.39, 0.29) is 24.0 Å². The summed E-state index contributed by atoms with van der Waals surface area (Å²) in [6, 6.07) is 5.63. The minimum Gasteiger partial charge on any atom is -0.454 e. The van der Waals surface area contributed by atoms with Crippen molar-refractivity contribution in [1.82, 2.24) is 9.21 Å². The SMILES string of the molecule is Cc1ccc(S(=O)(=O)N2CCCC[C@@H]2C(=O)OCC(=O)N(C)C)cc1. The van der Waals surface area contributed by atoms with Gasteiger partial charge in [-0.1, -0.05) is 17.7 Å². The number of carbonyl (C=O) groups excluding carboxylic acids is 2. The molecule has 1 heterocycles. The molecule has 25 heavy (non-hydrogen) atoms. The van der Waals surface area contributed by atoms with Crippen LogP contribution in [0.4, 0.5) is 0 Å². The van der Waals surface area contributed by atoms with Gasteiger partial charge in [0.05, 0.1) is 4.90 Å². The van der Waals surface area contributed by atoms with E-state index in [0.29, 0.717) is 12.8 Å². The molecule has 0 aromatic heterocycles. The van der Waals surface area contributed by atoms with Crippen molar-refractivity contribution in [3.05, 3.63) is 29.8 Å². The highest BCUT2D eigenvalue weighted by molar-refractivity contribution is 7.89. The molecule has 0 spiro atoms. The van der Waals surface area contributed by atoms with Crippen molar-refractivity contribution in [1.29, 1.82) is 0 Å². The maximum atomic E-state index is 12.9. The Morgan fingerprint density at radius 3 is 2.44 bits per heavy atom. The Morgan fingerprint density at radius 1 is 1.20 bits per heavy atom. The highest BCUT2D eigenvalue weighted by Gasteiger charge is 2.38. The lowest BCUT2D eigenvalue weighted by Gasteiger charge is -2.33. The summed E-state index contributed by atoms with van der Waals surface area (Å²) in [5, 5.41) is 0. The normalized spacial score (nSPS) is 18.6. The maximum Gasteiger partial charge on any atom is 0.324 e. The van der Waals surface area contributed by atoms with Gasteiger partial charge >= 0.3 is 5.97 Å². The highest BCUT2D eigenvalue weighted by Crippen LogP contribution is 2.26. The van der Waals surface area contributed by atoms with E-state index in [4.69, 9.17) is 4.74 Å². The molecule has 8 heteroatoms. The summed E-state index contributed by atoms with van der Waals surface area (Å²) in [6.07, 6.45) is 1.81. The number of sulfonamides is 1. The fourth-order valence-electron chi connectivity index (χ4n) is 2.63. The molecule has 1 atom stereocenters. The predicted molar refractivity (Wildman–Crippen MR) is 92.4 cm³/mol. The summed E-state index contributed by atoms with van der Waals surface area (Å²) in [5.74, 6) is -1.03.